The Bertz CT molecular complexity index is 507. The minimum atomic E-state index is 0.852. The molecule has 0 saturated heterocycles. The van der Waals surface area contributed by atoms with Crippen molar-refractivity contribution in [3.8, 4) is 0 Å². The monoisotopic (exact) mass is 340 g/mol. The zero-order chi connectivity index (χ0) is 17.5. The van der Waals surface area contributed by atoms with Crippen molar-refractivity contribution in [2.24, 2.45) is 11.8 Å². The van der Waals surface area contributed by atoms with Crippen LogP contribution in [0.3, 0.4) is 0 Å². The van der Waals surface area contributed by atoms with E-state index < -0.39 is 0 Å². The molecule has 0 spiro atoms. The van der Waals surface area contributed by atoms with Gasteiger partial charge in [-0.1, -0.05) is 77.0 Å². The van der Waals surface area contributed by atoms with Gasteiger partial charge in [-0.3, -0.25) is 0 Å². The lowest BCUT2D eigenvalue weighted by Gasteiger charge is -2.30. The molecular formula is C25H40. The summed E-state index contributed by atoms with van der Waals surface area (Å²) in [6, 6.07) is 7.58. The summed E-state index contributed by atoms with van der Waals surface area (Å²) >= 11 is 0. The molecule has 1 aromatic carbocycles. The van der Waals surface area contributed by atoms with Gasteiger partial charge in [0.25, 0.3) is 0 Å². The predicted molar refractivity (Wildman–Crippen MR) is 110 cm³/mol. The smallest absolute Gasteiger partial charge is 0.0162 e. The van der Waals surface area contributed by atoms with Crippen molar-refractivity contribution in [3.05, 3.63) is 34.9 Å². The first kappa shape index (κ1) is 19.0. The summed E-state index contributed by atoms with van der Waals surface area (Å²) in [7, 11) is 0. The van der Waals surface area contributed by atoms with Gasteiger partial charge < -0.3 is 0 Å². The number of benzene rings is 1. The number of hydrogen-bond donors (Lipinski definition) is 0. The fourth-order valence-corrected chi connectivity index (χ4v) is 5.40. The minimum absolute atomic E-state index is 0.852. The molecule has 0 N–H and O–H groups in total. The molecule has 2 aliphatic carbocycles. The molecule has 1 unspecified atom stereocenters. The van der Waals surface area contributed by atoms with Crippen LogP contribution < -0.4 is 0 Å². The fraction of sp³-hybridized carbons (Fsp3) is 0.760. The van der Waals surface area contributed by atoms with E-state index in [4.69, 9.17) is 0 Å². The van der Waals surface area contributed by atoms with Gasteiger partial charge in [0.15, 0.2) is 0 Å². The second-order valence-corrected chi connectivity index (χ2v) is 8.99. The molecule has 0 heterocycles. The first-order chi connectivity index (χ1) is 12.3. The first-order valence-corrected chi connectivity index (χ1v) is 11.4. The molecule has 1 aromatic rings. The Kier molecular flexibility index (Phi) is 7.44. The summed E-state index contributed by atoms with van der Waals surface area (Å²) in [5.74, 6) is 2.83. The molecule has 0 aliphatic heterocycles. The molecule has 1 saturated carbocycles. The van der Waals surface area contributed by atoms with Crippen LogP contribution in [0.1, 0.15) is 114 Å². The highest BCUT2D eigenvalue weighted by molar-refractivity contribution is 5.36. The molecule has 0 nitrogen and oxygen atoms in total. The molecule has 140 valence electrons. The van der Waals surface area contributed by atoms with Crippen LogP contribution in [0.15, 0.2) is 18.2 Å². The van der Waals surface area contributed by atoms with Crippen molar-refractivity contribution in [2.45, 2.75) is 110 Å². The van der Waals surface area contributed by atoms with Gasteiger partial charge in [-0.25, -0.2) is 0 Å². The van der Waals surface area contributed by atoms with E-state index >= 15 is 0 Å². The molecule has 0 heteroatoms. The second kappa shape index (κ2) is 9.79. The Morgan fingerprint density at radius 1 is 0.760 bits per heavy atom. The topological polar surface area (TPSA) is 0 Å². The maximum absolute atomic E-state index is 2.60. The zero-order valence-corrected chi connectivity index (χ0v) is 16.9. The summed E-state index contributed by atoms with van der Waals surface area (Å²) < 4.78 is 0. The van der Waals surface area contributed by atoms with Gasteiger partial charge in [-0.15, -0.1) is 0 Å². The summed E-state index contributed by atoms with van der Waals surface area (Å²) in [5, 5.41) is 0. The molecule has 1 atom stereocenters. The van der Waals surface area contributed by atoms with Gasteiger partial charge in [0.1, 0.15) is 0 Å². The van der Waals surface area contributed by atoms with E-state index in [-0.39, 0.29) is 0 Å². The third kappa shape index (κ3) is 5.35. The zero-order valence-electron chi connectivity index (χ0n) is 16.9. The predicted octanol–water partition coefficient (Wildman–Crippen LogP) is 7.84. The van der Waals surface area contributed by atoms with Crippen molar-refractivity contribution in [3.63, 3.8) is 0 Å². The van der Waals surface area contributed by atoms with Gasteiger partial charge in [0.05, 0.1) is 0 Å². The lowest BCUT2D eigenvalue weighted by molar-refractivity contribution is 0.302. The van der Waals surface area contributed by atoms with Crippen molar-refractivity contribution >= 4 is 0 Å². The average Bonchev–Trinajstić information content (AvgIpc) is 2.66. The molecule has 2 aliphatic rings. The van der Waals surface area contributed by atoms with E-state index in [1.807, 2.05) is 0 Å². The van der Waals surface area contributed by atoms with E-state index in [9.17, 15) is 0 Å². The van der Waals surface area contributed by atoms with Crippen molar-refractivity contribution < 1.29 is 0 Å². The normalized spacial score (nSPS) is 26.4. The Labute approximate surface area is 156 Å². The third-order valence-electron chi connectivity index (χ3n) is 7.04. The van der Waals surface area contributed by atoms with Crippen LogP contribution in [0.25, 0.3) is 0 Å². The second-order valence-electron chi connectivity index (χ2n) is 8.99. The standard InChI is InChI=1S/C25H40/c1-3-5-6-7-9-20-10-13-22(14-11-20)24-17-16-23-18-21(8-4-2)12-15-25(23)19-24/h16-17,19-22H,3-15,18H2,1-2H3. The van der Waals surface area contributed by atoms with E-state index in [0.29, 0.717) is 0 Å². The van der Waals surface area contributed by atoms with E-state index in [1.165, 1.54) is 89.9 Å². The Balaban J connectivity index is 1.49. The minimum Gasteiger partial charge on any atom is -0.0654 e. The highest BCUT2D eigenvalue weighted by Crippen LogP contribution is 2.39. The number of aryl methyl sites for hydroxylation is 1. The van der Waals surface area contributed by atoms with Gasteiger partial charge in [0.2, 0.25) is 0 Å². The van der Waals surface area contributed by atoms with Crippen LogP contribution in [-0.4, -0.2) is 0 Å². The van der Waals surface area contributed by atoms with Gasteiger partial charge in [-0.2, -0.15) is 0 Å². The highest BCUT2D eigenvalue weighted by Gasteiger charge is 2.24. The van der Waals surface area contributed by atoms with Crippen LogP contribution in [0.5, 0.6) is 0 Å². The van der Waals surface area contributed by atoms with Gasteiger partial charge in [0, 0.05) is 0 Å². The molecule has 0 aromatic heterocycles. The van der Waals surface area contributed by atoms with E-state index in [1.54, 1.807) is 16.7 Å². The lowest BCUT2D eigenvalue weighted by Crippen LogP contribution is -2.16. The number of hydrogen-bond acceptors (Lipinski definition) is 0. The molecule has 0 bridgehead atoms. The number of fused-ring (bicyclic) bond motifs is 1. The summed E-state index contributed by atoms with van der Waals surface area (Å²) in [5.41, 5.74) is 5.02. The highest BCUT2D eigenvalue weighted by atomic mass is 14.3. The van der Waals surface area contributed by atoms with Gasteiger partial charge in [-0.05, 0) is 79.4 Å². The first-order valence-electron chi connectivity index (χ1n) is 11.4. The average molecular weight is 341 g/mol. The van der Waals surface area contributed by atoms with Gasteiger partial charge >= 0.3 is 0 Å². The maximum atomic E-state index is 2.60. The summed E-state index contributed by atoms with van der Waals surface area (Å²) in [4.78, 5) is 0. The quantitative estimate of drug-likeness (QED) is 0.423. The van der Waals surface area contributed by atoms with E-state index in [2.05, 4.69) is 32.0 Å². The molecule has 1 fully saturated rings. The Hall–Kier alpha value is -0.780. The molecule has 25 heavy (non-hydrogen) atoms. The van der Waals surface area contributed by atoms with Crippen LogP contribution in [0.2, 0.25) is 0 Å². The van der Waals surface area contributed by atoms with Crippen LogP contribution in [0, 0.1) is 11.8 Å². The largest absolute Gasteiger partial charge is 0.0654 e. The Morgan fingerprint density at radius 3 is 2.36 bits per heavy atom. The van der Waals surface area contributed by atoms with Crippen LogP contribution >= 0.6 is 0 Å². The maximum Gasteiger partial charge on any atom is -0.0162 e. The SMILES string of the molecule is CCCCCCC1CCC(c2ccc3c(c2)CCC(CCC)C3)CC1. The van der Waals surface area contributed by atoms with Crippen molar-refractivity contribution in [1.29, 1.82) is 0 Å². The molecular weight excluding hydrogens is 300 g/mol. The molecule has 0 amide bonds. The number of unbranched alkanes of at least 4 members (excludes halogenated alkanes) is 3. The van der Waals surface area contributed by atoms with Crippen LogP contribution in [-0.2, 0) is 12.8 Å². The van der Waals surface area contributed by atoms with Crippen LogP contribution in [0.4, 0.5) is 0 Å². The molecule has 0 radical (unpaired) electrons. The molecule has 3 rings (SSSR count). The third-order valence-corrected chi connectivity index (χ3v) is 7.04. The van der Waals surface area contributed by atoms with Crippen molar-refractivity contribution in [2.75, 3.05) is 0 Å². The summed E-state index contributed by atoms with van der Waals surface area (Å²) in [6.07, 6.45) is 19.9. The Morgan fingerprint density at radius 2 is 1.60 bits per heavy atom. The lowest BCUT2D eigenvalue weighted by atomic mass is 9.75. The van der Waals surface area contributed by atoms with E-state index in [0.717, 1.165) is 17.8 Å². The fourth-order valence-electron chi connectivity index (χ4n) is 5.40. The number of rotatable bonds is 8. The van der Waals surface area contributed by atoms with Crippen molar-refractivity contribution in [1.82, 2.24) is 0 Å². The summed E-state index contributed by atoms with van der Waals surface area (Å²) in [6.45, 7) is 4.65.